The molecule has 9 nitrogen and oxygen atoms in total. The van der Waals surface area contributed by atoms with Gasteiger partial charge in [-0.25, -0.2) is 23.1 Å². The van der Waals surface area contributed by atoms with Gasteiger partial charge in [-0.2, -0.15) is 4.98 Å². The summed E-state index contributed by atoms with van der Waals surface area (Å²) in [5, 5.41) is 10.7. The lowest BCUT2D eigenvalue weighted by Gasteiger charge is -2.40. The van der Waals surface area contributed by atoms with Gasteiger partial charge in [0.15, 0.2) is 11.5 Å². The minimum absolute atomic E-state index is 0.0638. The first-order valence-corrected chi connectivity index (χ1v) is 13.4. The molecule has 1 aliphatic heterocycles. The highest BCUT2D eigenvalue weighted by molar-refractivity contribution is 5.91. The van der Waals surface area contributed by atoms with Crippen molar-refractivity contribution in [2.75, 3.05) is 24.5 Å². The van der Waals surface area contributed by atoms with Crippen molar-refractivity contribution in [2.24, 2.45) is 0 Å². The van der Waals surface area contributed by atoms with Gasteiger partial charge in [0.05, 0.1) is 22.3 Å². The number of hydrogen-bond donors (Lipinski definition) is 1. The van der Waals surface area contributed by atoms with Gasteiger partial charge >= 0.3 is 5.69 Å². The maximum absolute atomic E-state index is 15.8. The Labute approximate surface area is 234 Å². The fraction of sp³-hybridized carbons (Fsp3) is 0.300. The predicted molar refractivity (Wildman–Crippen MR) is 150 cm³/mol. The minimum atomic E-state index is -0.885. The number of nitrogens with zero attached hydrogens (tertiary/aromatic N) is 6. The fourth-order valence-corrected chi connectivity index (χ4v) is 5.57. The molecule has 1 aromatic carbocycles. The largest absolute Gasteiger partial charge is 0.507 e. The highest BCUT2D eigenvalue weighted by Crippen LogP contribution is 2.43. The van der Waals surface area contributed by atoms with Crippen LogP contribution in [0.25, 0.3) is 28.0 Å². The van der Waals surface area contributed by atoms with E-state index in [4.69, 9.17) is 0 Å². The van der Waals surface area contributed by atoms with Gasteiger partial charge < -0.3 is 14.9 Å². The minimum Gasteiger partial charge on any atom is -0.507 e. The van der Waals surface area contributed by atoms with Gasteiger partial charge in [0.2, 0.25) is 5.91 Å². The molecule has 41 heavy (non-hydrogen) atoms. The highest BCUT2D eigenvalue weighted by Gasteiger charge is 2.33. The average Bonchev–Trinajstić information content (AvgIpc) is 3.79. The second-order valence-electron chi connectivity index (χ2n) is 10.5. The van der Waals surface area contributed by atoms with Crippen LogP contribution in [0.15, 0.2) is 54.0 Å². The third-order valence-electron chi connectivity index (χ3n) is 7.76. The second-order valence-corrected chi connectivity index (χ2v) is 10.5. The molecule has 1 N–H and O–H groups in total. The number of amides is 1. The predicted octanol–water partition coefficient (Wildman–Crippen LogP) is 4.24. The smallest absolute Gasteiger partial charge is 0.355 e. The molecule has 1 atom stereocenters. The number of fused-ring (bicyclic) bond motifs is 1. The highest BCUT2D eigenvalue weighted by atomic mass is 19.1. The molecule has 1 amide bonds. The summed E-state index contributed by atoms with van der Waals surface area (Å²) >= 11 is 0. The standard InChI is InChI=1S/C30H28F2N6O3/c1-4-23(40)36-12-13-37(17(3)15-36)28-19-14-21(32)26(24-20(31)6-5-7-22(24)39)34-29(19)38(30(41)35-28)27-16(2)10-11-33-25(27)18-8-9-18/h4-7,10-11,14,17-18,39H,1,8-9,12-13,15H2,2-3H3/t17-/m0/s1. The van der Waals surface area contributed by atoms with Crippen LogP contribution in [-0.2, 0) is 4.79 Å². The van der Waals surface area contributed by atoms with E-state index in [-0.39, 0.29) is 34.7 Å². The monoisotopic (exact) mass is 558 g/mol. The van der Waals surface area contributed by atoms with Gasteiger partial charge in [-0.15, -0.1) is 0 Å². The zero-order chi connectivity index (χ0) is 29.0. The summed E-state index contributed by atoms with van der Waals surface area (Å²) in [4.78, 5) is 43.1. The molecule has 0 spiro atoms. The Morgan fingerprint density at radius 1 is 1.15 bits per heavy atom. The van der Waals surface area contributed by atoms with Gasteiger partial charge in [-0.3, -0.25) is 9.78 Å². The Balaban J connectivity index is 1.63. The van der Waals surface area contributed by atoms with Crippen molar-refractivity contribution in [3.63, 3.8) is 0 Å². The van der Waals surface area contributed by atoms with Gasteiger partial charge in [0.25, 0.3) is 0 Å². The molecule has 4 heterocycles. The summed E-state index contributed by atoms with van der Waals surface area (Å²) in [6, 6.07) is 6.35. The van der Waals surface area contributed by atoms with Crippen LogP contribution in [0.4, 0.5) is 14.6 Å². The Kier molecular flexibility index (Phi) is 6.51. The van der Waals surface area contributed by atoms with Crippen LogP contribution in [0.3, 0.4) is 0 Å². The molecule has 210 valence electrons. The third-order valence-corrected chi connectivity index (χ3v) is 7.76. The first kappa shape index (κ1) is 26.5. The number of phenolic OH excluding ortho intramolecular Hbond substituents is 1. The number of carbonyl (C=O) groups excluding carboxylic acids is 1. The second kappa shape index (κ2) is 10.1. The summed E-state index contributed by atoms with van der Waals surface area (Å²) in [7, 11) is 0. The molecule has 1 saturated carbocycles. The van der Waals surface area contributed by atoms with Crippen LogP contribution in [0.2, 0.25) is 0 Å². The lowest BCUT2D eigenvalue weighted by atomic mass is 10.1. The fourth-order valence-electron chi connectivity index (χ4n) is 5.57. The molecule has 2 fully saturated rings. The van der Waals surface area contributed by atoms with Gasteiger partial charge in [-0.05, 0) is 62.6 Å². The zero-order valence-electron chi connectivity index (χ0n) is 22.6. The number of phenols is 1. The number of aryl methyl sites for hydroxylation is 1. The molecule has 4 aromatic rings. The van der Waals surface area contributed by atoms with E-state index in [1.165, 1.54) is 28.8 Å². The summed E-state index contributed by atoms with van der Waals surface area (Å²) in [6.45, 7) is 8.32. The van der Waals surface area contributed by atoms with E-state index in [9.17, 15) is 19.1 Å². The SMILES string of the molecule is C=CC(=O)N1CCN(c2nc(=O)n(-c3c(C)ccnc3C3CC3)c3nc(-c4c(O)cccc4F)c(F)cc23)[C@@H](C)C1. The normalized spacial score (nSPS) is 17.2. The number of rotatable bonds is 5. The van der Waals surface area contributed by atoms with Crippen LogP contribution >= 0.6 is 0 Å². The molecule has 1 saturated heterocycles. The van der Waals surface area contributed by atoms with Crippen LogP contribution in [0.1, 0.15) is 36.9 Å². The van der Waals surface area contributed by atoms with E-state index < -0.39 is 34.3 Å². The Morgan fingerprint density at radius 2 is 1.93 bits per heavy atom. The van der Waals surface area contributed by atoms with Gasteiger partial charge in [-0.1, -0.05) is 12.6 Å². The van der Waals surface area contributed by atoms with Gasteiger partial charge in [0.1, 0.15) is 23.1 Å². The van der Waals surface area contributed by atoms with E-state index >= 15 is 4.39 Å². The molecule has 11 heteroatoms. The third kappa shape index (κ3) is 4.51. The van der Waals surface area contributed by atoms with Crippen molar-refractivity contribution < 1.29 is 18.7 Å². The molecule has 6 rings (SSSR count). The number of halogens is 2. The van der Waals surface area contributed by atoms with Crippen molar-refractivity contribution >= 4 is 22.8 Å². The number of carbonyl (C=O) groups is 1. The van der Waals surface area contributed by atoms with Gasteiger partial charge in [0, 0.05) is 37.8 Å². The Bertz CT molecular complexity index is 1760. The number of hydrogen-bond acceptors (Lipinski definition) is 7. The quantitative estimate of drug-likeness (QED) is 0.366. The van der Waals surface area contributed by atoms with Crippen LogP contribution in [0.5, 0.6) is 5.75 Å². The first-order chi connectivity index (χ1) is 19.7. The molecule has 2 aliphatic rings. The Hall–Kier alpha value is -4.67. The van der Waals surface area contributed by atoms with E-state index in [0.29, 0.717) is 31.0 Å². The summed E-state index contributed by atoms with van der Waals surface area (Å²) < 4.78 is 32.0. The van der Waals surface area contributed by atoms with E-state index in [1.807, 2.05) is 18.7 Å². The van der Waals surface area contributed by atoms with E-state index in [1.54, 1.807) is 17.2 Å². The molecular formula is C30H28F2N6O3. The summed E-state index contributed by atoms with van der Waals surface area (Å²) in [6.07, 6.45) is 4.78. The topological polar surface area (TPSA) is 104 Å². The number of anilines is 1. The molecular weight excluding hydrogens is 530 g/mol. The summed E-state index contributed by atoms with van der Waals surface area (Å²) in [5.41, 5.74) is 0.572. The number of aromatic hydroxyl groups is 1. The Morgan fingerprint density at radius 3 is 2.61 bits per heavy atom. The van der Waals surface area contributed by atoms with Crippen molar-refractivity contribution in [1.82, 2.24) is 24.4 Å². The van der Waals surface area contributed by atoms with Crippen molar-refractivity contribution in [1.29, 1.82) is 0 Å². The molecule has 3 aromatic heterocycles. The molecule has 0 unspecified atom stereocenters. The number of benzene rings is 1. The van der Waals surface area contributed by atoms with Crippen molar-refractivity contribution in [3.05, 3.63) is 82.6 Å². The first-order valence-electron chi connectivity index (χ1n) is 13.4. The zero-order valence-corrected chi connectivity index (χ0v) is 22.6. The van der Waals surface area contributed by atoms with Crippen LogP contribution in [-0.4, -0.2) is 61.1 Å². The van der Waals surface area contributed by atoms with Crippen LogP contribution in [0, 0.1) is 18.6 Å². The number of piperazine rings is 1. The maximum atomic E-state index is 15.8. The average molecular weight is 559 g/mol. The van der Waals surface area contributed by atoms with Crippen molar-refractivity contribution in [3.8, 4) is 22.7 Å². The molecule has 1 aliphatic carbocycles. The van der Waals surface area contributed by atoms with Crippen molar-refractivity contribution in [2.45, 2.75) is 38.6 Å². The molecule has 0 radical (unpaired) electrons. The maximum Gasteiger partial charge on any atom is 0.355 e. The number of pyridine rings is 2. The summed E-state index contributed by atoms with van der Waals surface area (Å²) in [5.74, 6) is -2.04. The van der Waals surface area contributed by atoms with E-state index in [0.717, 1.165) is 24.5 Å². The number of aromatic nitrogens is 4. The lowest BCUT2D eigenvalue weighted by molar-refractivity contribution is -0.126. The van der Waals surface area contributed by atoms with Crippen LogP contribution < -0.4 is 10.6 Å². The molecule has 0 bridgehead atoms. The van der Waals surface area contributed by atoms with E-state index in [2.05, 4.69) is 21.5 Å². The lowest BCUT2D eigenvalue weighted by Crippen LogP contribution is -2.54.